The summed E-state index contributed by atoms with van der Waals surface area (Å²) in [5.41, 5.74) is 2.95. The maximum atomic E-state index is 13.3. The largest absolute Gasteiger partial charge is 0.494 e. The fraction of sp³-hybridized carbons (Fsp3) is 0.269. The van der Waals surface area contributed by atoms with Gasteiger partial charge in [-0.1, -0.05) is 12.1 Å². The van der Waals surface area contributed by atoms with Gasteiger partial charge in [0.2, 0.25) is 5.89 Å². The van der Waals surface area contributed by atoms with Crippen molar-refractivity contribution in [3.05, 3.63) is 89.5 Å². The number of likely N-dealkylation sites (tertiary alicyclic amines) is 1. The Morgan fingerprint density at radius 2 is 2.00 bits per heavy atom. The normalized spacial score (nSPS) is 15.6. The summed E-state index contributed by atoms with van der Waals surface area (Å²) in [6, 6.07) is 15.5. The summed E-state index contributed by atoms with van der Waals surface area (Å²) in [5, 5.41) is 7.21. The molecule has 0 bridgehead atoms. The Bertz CT molecular complexity index is 1260. The number of carbonyl (C=O) groups excluding carboxylic acids is 1. The molecule has 0 unspecified atom stereocenters. The van der Waals surface area contributed by atoms with E-state index in [4.69, 9.17) is 9.15 Å². The van der Waals surface area contributed by atoms with E-state index >= 15 is 0 Å². The van der Waals surface area contributed by atoms with Gasteiger partial charge in [0.1, 0.15) is 29.1 Å². The topological polar surface area (TPSA) is 84.2 Å². The number of hydrogen-bond acceptors (Lipinski definition) is 5. The molecule has 0 aliphatic carbocycles. The number of benzene rings is 2. The Morgan fingerprint density at radius 1 is 1.21 bits per heavy atom. The summed E-state index contributed by atoms with van der Waals surface area (Å²) in [4.78, 5) is 19.5. The lowest BCUT2D eigenvalue weighted by atomic mass is 10.1. The molecule has 0 radical (unpaired) electrons. The third kappa shape index (κ3) is 4.57. The number of carbonyl (C=O) groups is 1. The van der Waals surface area contributed by atoms with Crippen molar-refractivity contribution in [2.24, 2.45) is 0 Å². The lowest BCUT2D eigenvalue weighted by molar-refractivity contribution is 0.0708. The van der Waals surface area contributed by atoms with Gasteiger partial charge < -0.3 is 14.1 Å². The quantitative estimate of drug-likeness (QED) is 0.411. The van der Waals surface area contributed by atoms with Crippen molar-refractivity contribution in [3.8, 4) is 17.0 Å². The molecule has 5 rings (SSSR count). The van der Waals surface area contributed by atoms with Gasteiger partial charge in [0, 0.05) is 18.5 Å². The third-order valence-electron chi connectivity index (χ3n) is 5.93. The summed E-state index contributed by atoms with van der Waals surface area (Å²) in [7, 11) is 0. The van der Waals surface area contributed by atoms with Crippen molar-refractivity contribution in [1.29, 1.82) is 0 Å². The number of aromatic nitrogens is 3. The van der Waals surface area contributed by atoms with E-state index in [2.05, 4.69) is 15.2 Å². The van der Waals surface area contributed by atoms with Crippen LogP contribution in [0.4, 0.5) is 4.39 Å². The molecule has 34 heavy (non-hydrogen) atoms. The molecule has 7 nitrogen and oxygen atoms in total. The second-order valence-corrected chi connectivity index (χ2v) is 8.25. The van der Waals surface area contributed by atoms with E-state index in [1.165, 1.54) is 12.1 Å². The van der Waals surface area contributed by atoms with E-state index in [0.29, 0.717) is 42.6 Å². The van der Waals surface area contributed by atoms with Crippen LogP contribution in [-0.4, -0.2) is 39.1 Å². The van der Waals surface area contributed by atoms with Crippen molar-refractivity contribution >= 4 is 5.91 Å². The number of rotatable bonds is 7. The SMILES string of the molecule is CCOc1ccc(-c2cc(C(=O)N3CCC[C@H]3c3ncc(Cc4ccc(F)cc4)o3)[nH]n2)cc1. The van der Waals surface area contributed by atoms with Crippen LogP contribution in [0.5, 0.6) is 5.75 Å². The van der Waals surface area contributed by atoms with Gasteiger partial charge in [-0.2, -0.15) is 5.10 Å². The summed E-state index contributed by atoms with van der Waals surface area (Å²) in [6.45, 7) is 3.17. The van der Waals surface area contributed by atoms with Crippen molar-refractivity contribution in [2.75, 3.05) is 13.2 Å². The Balaban J connectivity index is 1.29. The number of ether oxygens (including phenoxy) is 1. The predicted octanol–water partition coefficient (Wildman–Crippen LogP) is 5.17. The van der Waals surface area contributed by atoms with E-state index in [1.54, 1.807) is 29.3 Å². The summed E-state index contributed by atoms with van der Waals surface area (Å²) in [5.74, 6) is 1.59. The molecule has 1 atom stereocenters. The molecular formula is C26H25FN4O3. The molecule has 0 saturated carbocycles. The molecule has 8 heteroatoms. The number of aromatic amines is 1. The highest BCUT2D eigenvalue weighted by Crippen LogP contribution is 2.33. The molecule has 1 N–H and O–H groups in total. The fourth-order valence-corrected chi connectivity index (χ4v) is 4.25. The van der Waals surface area contributed by atoms with Gasteiger partial charge in [-0.15, -0.1) is 0 Å². The van der Waals surface area contributed by atoms with Crippen LogP contribution >= 0.6 is 0 Å². The zero-order valence-electron chi connectivity index (χ0n) is 18.8. The fourth-order valence-electron chi connectivity index (χ4n) is 4.25. The molecule has 1 amide bonds. The first-order valence-electron chi connectivity index (χ1n) is 11.4. The summed E-state index contributed by atoms with van der Waals surface area (Å²) in [6.07, 6.45) is 3.84. The monoisotopic (exact) mass is 460 g/mol. The first kappa shape index (κ1) is 21.9. The zero-order valence-corrected chi connectivity index (χ0v) is 18.8. The van der Waals surface area contributed by atoms with Crippen LogP contribution in [0, 0.1) is 5.82 Å². The number of halogens is 1. The number of amides is 1. The summed E-state index contributed by atoms with van der Waals surface area (Å²) < 4.78 is 24.6. The number of oxazole rings is 1. The third-order valence-corrected chi connectivity index (χ3v) is 5.93. The Kier molecular flexibility index (Phi) is 6.12. The van der Waals surface area contributed by atoms with Gasteiger partial charge >= 0.3 is 0 Å². The molecule has 2 aromatic carbocycles. The van der Waals surface area contributed by atoms with E-state index in [0.717, 1.165) is 29.7 Å². The number of H-pyrrole nitrogens is 1. The van der Waals surface area contributed by atoms with Crippen LogP contribution in [0.25, 0.3) is 11.3 Å². The molecular weight excluding hydrogens is 435 g/mol. The second kappa shape index (κ2) is 9.51. The first-order chi connectivity index (χ1) is 16.6. The minimum Gasteiger partial charge on any atom is -0.494 e. The molecule has 1 aliphatic heterocycles. The van der Waals surface area contributed by atoms with Crippen LogP contribution in [0.3, 0.4) is 0 Å². The van der Waals surface area contributed by atoms with Crippen molar-refractivity contribution < 1.29 is 18.3 Å². The van der Waals surface area contributed by atoms with Crippen LogP contribution in [0.15, 0.2) is 65.2 Å². The van der Waals surface area contributed by atoms with E-state index in [1.807, 2.05) is 31.2 Å². The maximum Gasteiger partial charge on any atom is 0.272 e. The van der Waals surface area contributed by atoms with Gasteiger partial charge in [-0.3, -0.25) is 9.89 Å². The van der Waals surface area contributed by atoms with Crippen molar-refractivity contribution in [1.82, 2.24) is 20.1 Å². The smallest absolute Gasteiger partial charge is 0.272 e. The first-order valence-corrected chi connectivity index (χ1v) is 11.4. The number of nitrogens with one attached hydrogen (secondary N) is 1. The Hall–Kier alpha value is -3.94. The molecule has 3 heterocycles. The molecule has 4 aromatic rings. The van der Waals surface area contributed by atoms with Crippen molar-refractivity contribution in [2.45, 2.75) is 32.2 Å². The standard InChI is InChI=1S/C26H25FN4O3/c1-2-33-20-11-7-18(8-12-20)22-15-23(30-29-22)26(32)31-13-3-4-24(31)25-28-16-21(34-25)14-17-5-9-19(27)10-6-17/h5-12,15-16,24H,2-4,13-14H2,1H3,(H,29,30)/t24-/m0/s1. The maximum absolute atomic E-state index is 13.3. The lowest BCUT2D eigenvalue weighted by Gasteiger charge is -2.21. The van der Waals surface area contributed by atoms with Crippen LogP contribution < -0.4 is 4.74 Å². The number of hydrogen-bond donors (Lipinski definition) is 1. The minimum absolute atomic E-state index is 0.134. The molecule has 174 valence electrons. The highest BCUT2D eigenvalue weighted by atomic mass is 19.1. The highest BCUT2D eigenvalue weighted by Gasteiger charge is 2.34. The highest BCUT2D eigenvalue weighted by molar-refractivity contribution is 5.93. The lowest BCUT2D eigenvalue weighted by Crippen LogP contribution is -2.31. The van der Waals surface area contributed by atoms with Crippen LogP contribution in [0.2, 0.25) is 0 Å². The second-order valence-electron chi connectivity index (χ2n) is 8.25. The van der Waals surface area contributed by atoms with E-state index in [-0.39, 0.29) is 17.8 Å². The van der Waals surface area contributed by atoms with Crippen molar-refractivity contribution in [3.63, 3.8) is 0 Å². The molecule has 0 spiro atoms. The van der Waals surface area contributed by atoms with Gasteiger partial charge in [0.05, 0.1) is 18.5 Å². The van der Waals surface area contributed by atoms with Gasteiger partial charge in [0.25, 0.3) is 5.91 Å². The minimum atomic E-state index is -0.272. The number of nitrogens with zero attached hydrogens (tertiary/aromatic N) is 3. The van der Waals surface area contributed by atoms with Gasteiger partial charge in [0.15, 0.2) is 0 Å². The Labute approximate surface area is 196 Å². The van der Waals surface area contributed by atoms with E-state index < -0.39 is 0 Å². The van der Waals surface area contributed by atoms with Crippen LogP contribution in [0.1, 0.15) is 53.5 Å². The van der Waals surface area contributed by atoms with E-state index in [9.17, 15) is 9.18 Å². The summed E-state index contributed by atoms with van der Waals surface area (Å²) >= 11 is 0. The zero-order chi connectivity index (χ0) is 23.5. The molecule has 1 aliphatic rings. The van der Waals surface area contributed by atoms with Gasteiger partial charge in [-0.05, 0) is 67.8 Å². The molecule has 2 aromatic heterocycles. The van der Waals surface area contributed by atoms with Crippen LogP contribution in [-0.2, 0) is 6.42 Å². The Morgan fingerprint density at radius 3 is 2.76 bits per heavy atom. The average molecular weight is 461 g/mol. The molecule has 1 fully saturated rings. The van der Waals surface area contributed by atoms with Gasteiger partial charge in [-0.25, -0.2) is 9.37 Å². The molecule has 1 saturated heterocycles. The average Bonchev–Trinajstić information content (AvgIpc) is 3.61. The predicted molar refractivity (Wildman–Crippen MR) is 124 cm³/mol.